The monoisotopic (exact) mass is 149 g/mol. The van der Waals surface area contributed by atoms with Crippen LogP contribution < -0.4 is 0 Å². The van der Waals surface area contributed by atoms with E-state index < -0.39 is 0 Å². The standard InChI is InChI=1S/C10H13O/c1-8(2)10(11)9-6-4-3-5-7-9/h3-6,8,10-11H,1-2H3. The number of hydrogen-bond donors (Lipinski definition) is 1. The highest BCUT2D eigenvalue weighted by atomic mass is 16.3. The topological polar surface area (TPSA) is 20.2 Å². The van der Waals surface area contributed by atoms with Crippen molar-refractivity contribution >= 4 is 0 Å². The zero-order valence-corrected chi connectivity index (χ0v) is 6.91. The van der Waals surface area contributed by atoms with Crippen molar-refractivity contribution in [1.82, 2.24) is 0 Å². The number of rotatable bonds is 2. The average molecular weight is 149 g/mol. The van der Waals surface area contributed by atoms with Crippen LogP contribution >= 0.6 is 0 Å². The minimum Gasteiger partial charge on any atom is -0.388 e. The molecule has 0 aliphatic carbocycles. The molecule has 11 heavy (non-hydrogen) atoms. The largest absolute Gasteiger partial charge is 0.388 e. The fourth-order valence-electron chi connectivity index (χ4n) is 0.950. The number of aliphatic hydroxyl groups excluding tert-OH is 1. The third kappa shape index (κ3) is 2.05. The number of benzene rings is 1. The second kappa shape index (κ2) is 3.54. The summed E-state index contributed by atoms with van der Waals surface area (Å²) in [6.07, 6.45) is -0.379. The number of aliphatic hydroxyl groups is 1. The Balaban J connectivity index is 2.77. The Morgan fingerprint density at radius 3 is 2.55 bits per heavy atom. The second-order valence-corrected chi connectivity index (χ2v) is 3.01. The van der Waals surface area contributed by atoms with E-state index in [4.69, 9.17) is 0 Å². The molecular weight excluding hydrogens is 136 g/mol. The van der Waals surface area contributed by atoms with Crippen LogP contribution in [0.3, 0.4) is 0 Å². The SMILES string of the molecule is CC(C)C(O)c1[c]cccc1. The first-order valence-corrected chi connectivity index (χ1v) is 3.86. The van der Waals surface area contributed by atoms with Crippen LogP contribution in [0.25, 0.3) is 0 Å². The van der Waals surface area contributed by atoms with Gasteiger partial charge in [0, 0.05) is 0 Å². The molecule has 1 radical (unpaired) electrons. The minimum atomic E-state index is -0.379. The van der Waals surface area contributed by atoms with Crippen LogP contribution in [0, 0.1) is 12.0 Å². The molecule has 0 aliphatic heterocycles. The molecule has 0 heterocycles. The Morgan fingerprint density at radius 2 is 2.09 bits per heavy atom. The Morgan fingerprint density at radius 1 is 1.36 bits per heavy atom. The molecule has 0 fully saturated rings. The summed E-state index contributed by atoms with van der Waals surface area (Å²) >= 11 is 0. The highest BCUT2D eigenvalue weighted by Crippen LogP contribution is 2.19. The van der Waals surface area contributed by atoms with E-state index >= 15 is 0 Å². The quantitative estimate of drug-likeness (QED) is 0.683. The van der Waals surface area contributed by atoms with Gasteiger partial charge in [-0.15, -0.1) is 0 Å². The van der Waals surface area contributed by atoms with Crippen molar-refractivity contribution in [2.75, 3.05) is 0 Å². The Kier molecular flexibility index (Phi) is 2.66. The van der Waals surface area contributed by atoms with Crippen molar-refractivity contribution in [3.8, 4) is 0 Å². The molecule has 1 N–H and O–H groups in total. The summed E-state index contributed by atoms with van der Waals surface area (Å²) in [4.78, 5) is 0. The van der Waals surface area contributed by atoms with Gasteiger partial charge in [-0.25, -0.2) is 0 Å². The van der Waals surface area contributed by atoms with Gasteiger partial charge in [-0.2, -0.15) is 0 Å². The van der Waals surface area contributed by atoms with Crippen molar-refractivity contribution in [3.05, 3.63) is 35.9 Å². The summed E-state index contributed by atoms with van der Waals surface area (Å²) in [6, 6.07) is 10.5. The summed E-state index contributed by atoms with van der Waals surface area (Å²) in [5.41, 5.74) is 0.877. The van der Waals surface area contributed by atoms with Crippen molar-refractivity contribution in [3.63, 3.8) is 0 Å². The van der Waals surface area contributed by atoms with E-state index in [0.717, 1.165) is 5.56 Å². The summed E-state index contributed by atoms with van der Waals surface area (Å²) < 4.78 is 0. The fourth-order valence-corrected chi connectivity index (χ4v) is 0.950. The molecule has 1 aromatic rings. The summed E-state index contributed by atoms with van der Waals surface area (Å²) in [5, 5.41) is 9.57. The normalized spacial score (nSPS) is 13.5. The van der Waals surface area contributed by atoms with Gasteiger partial charge in [0.05, 0.1) is 6.10 Å². The van der Waals surface area contributed by atoms with Gasteiger partial charge >= 0.3 is 0 Å². The van der Waals surface area contributed by atoms with E-state index in [1.165, 1.54) is 0 Å². The maximum atomic E-state index is 9.57. The lowest BCUT2D eigenvalue weighted by molar-refractivity contribution is 0.126. The van der Waals surface area contributed by atoms with Crippen LogP contribution in [0.1, 0.15) is 25.5 Å². The third-order valence-electron chi connectivity index (χ3n) is 1.68. The molecule has 1 atom stereocenters. The van der Waals surface area contributed by atoms with Gasteiger partial charge < -0.3 is 5.11 Å². The summed E-state index contributed by atoms with van der Waals surface area (Å²) in [5.74, 6) is 0.258. The first kappa shape index (κ1) is 8.28. The zero-order chi connectivity index (χ0) is 8.27. The van der Waals surface area contributed by atoms with Crippen LogP contribution in [0.15, 0.2) is 24.3 Å². The maximum Gasteiger partial charge on any atom is 0.0818 e. The molecule has 1 rings (SSSR count). The van der Waals surface area contributed by atoms with E-state index in [2.05, 4.69) is 6.07 Å². The highest BCUT2D eigenvalue weighted by Gasteiger charge is 2.10. The first-order chi connectivity index (χ1) is 5.22. The maximum absolute atomic E-state index is 9.57. The molecule has 59 valence electrons. The summed E-state index contributed by atoms with van der Waals surface area (Å²) in [6.45, 7) is 3.98. The lowest BCUT2D eigenvalue weighted by Gasteiger charge is -2.13. The van der Waals surface area contributed by atoms with E-state index in [-0.39, 0.29) is 12.0 Å². The molecule has 0 bridgehead atoms. The zero-order valence-electron chi connectivity index (χ0n) is 6.91. The minimum absolute atomic E-state index is 0.258. The predicted molar refractivity (Wildman–Crippen MR) is 45.1 cm³/mol. The molecule has 1 nitrogen and oxygen atoms in total. The lowest BCUT2D eigenvalue weighted by Crippen LogP contribution is -2.04. The second-order valence-electron chi connectivity index (χ2n) is 3.01. The van der Waals surface area contributed by atoms with Crippen molar-refractivity contribution in [1.29, 1.82) is 0 Å². The molecule has 0 saturated carbocycles. The van der Waals surface area contributed by atoms with Gasteiger partial charge in [0.1, 0.15) is 0 Å². The summed E-state index contributed by atoms with van der Waals surface area (Å²) in [7, 11) is 0. The highest BCUT2D eigenvalue weighted by molar-refractivity contribution is 5.15. The van der Waals surface area contributed by atoms with Crippen LogP contribution in [0.4, 0.5) is 0 Å². The van der Waals surface area contributed by atoms with Crippen LogP contribution in [-0.4, -0.2) is 5.11 Å². The lowest BCUT2D eigenvalue weighted by atomic mass is 10.00. The van der Waals surface area contributed by atoms with Crippen LogP contribution in [0.2, 0.25) is 0 Å². The third-order valence-corrected chi connectivity index (χ3v) is 1.68. The van der Waals surface area contributed by atoms with Gasteiger partial charge in [0.15, 0.2) is 0 Å². The first-order valence-electron chi connectivity index (χ1n) is 3.86. The van der Waals surface area contributed by atoms with Crippen LogP contribution in [0.5, 0.6) is 0 Å². The van der Waals surface area contributed by atoms with Gasteiger partial charge in [-0.1, -0.05) is 38.1 Å². The molecule has 1 unspecified atom stereocenters. The van der Waals surface area contributed by atoms with Gasteiger partial charge in [0.25, 0.3) is 0 Å². The Bertz CT molecular complexity index is 203. The van der Waals surface area contributed by atoms with Crippen molar-refractivity contribution < 1.29 is 5.11 Å². The van der Waals surface area contributed by atoms with Crippen molar-refractivity contribution in [2.45, 2.75) is 20.0 Å². The molecule has 0 spiro atoms. The molecule has 0 amide bonds. The molecular formula is C10H13O. The predicted octanol–water partition coefficient (Wildman–Crippen LogP) is 2.18. The van der Waals surface area contributed by atoms with Crippen molar-refractivity contribution in [2.24, 2.45) is 5.92 Å². The molecule has 0 aromatic heterocycles. The fraction of sp³-hybridized carbons (Fsp3) is 0.400. The average Bonchev–Trinajstić information content (AvgIpc) is 2.05. The van der Waals surface area contributed by atoms with E-state index in [9.17, 15) is 5.11 Å². The van der Waals surface area contributed by atoms with E-state index in [0.29, 0.717) is 0 Å². The molecule has 1 aromatic carbocycles. The molecule has 0 saturated heterocycles. The number of hydrogen-bond acceptors (Lipinski definition) is 1. The van der Waals surface area contributed by atoms with E-state index in [1.54, 1.807) is 0 Å². The van der Waals surface area contributed by atoms with Gasteiger partial charge in [0.2, 0.25) is 0 Å². The Hall–Kier alpha value is -0.820. The Labute approximate surface area is 67.7 Å². The van der Waals surface area contributed by atoms with Crippen LogP contribution in [-0.2, 0) is 0 Å². The van der Waals surface area contributed by atoms with Gasteiger partial charge in [-0.3, -0.25) is 0 Å². The smallest absolute Gasteiger partial charge is 0.0818 e. The molecule has 0 aliphatic rings. The van der Waals surface area contributed by atoms with Gasteiger partial charge in [-0.05, 0) is 17.5 Å². The van der Waals surface area contributed by atoms with E-state index in [1.807, 2.05) is 38.1 Å². The molecule has 1 heteroatoms.